The summed E-state index contributed by atoms with van der Waals surface area (Å²) in [5, 5.41) is 3.08. The Kier molecular flexibility index (Phi) is 3.47. The van der Waals surface area contributed by atoms with Crippen LogP contribution in [0, 0.1) is 0 Å². The zero-order valence-electron chi connectivity index (χ0n) is 11.3. The molecule has 1 fully saturated rings. The number of nitrogens with one attached hydrogen (secondary N) is 2. The van der Waals surface area contributed by atoms with Crippen molar-refractivity contribution >= 4 is 21.9 Å². The first-order valence-corrected chi connectivity index (χ1v) is 7.45. The molecule has 1 saturated carbocycles. The van der Waals surface area contributed by atoms with E-state index in [0.29, 0.717) is 19.0 Å². The van der Waals surface area contributed by atoms with E-state index >= 15 is 0 Å². The Labute approximate surface area is 125 Å². The first-order chi connectivity index (χ1) is 9.62. The first-order valence-electron chi connectivity index (χ1n) is 6.66. The van der Waals surface area contributed by atoms with Crippen LogP contribution in [0.5, 0.6) is 0 Å². The molecule has 0 saturated heterocycles. The van der Waals surface area contributed by atoms with E-state index in [1.807, 2.05) is 6.07 Å². The minimum Gasteiger partial charge on any atom is -0.353 e. The van der Waals surface area contributed by atoms with Crippen molar-refractivity contribution in [2.45, 2.75) is 25.2 Å². The van der Waals surface area contributed by atoms with Crippen molar-refractivity contribution in [3.63, 3.8) is 0 Å². The zero-order valence-corrected chi connectivity index (χ0v) is 12.9. The number of rotatable bonds is 5. The fourth-order valence-electron chi connectivity index (χ4n) is 2.00. The summed E-state index contributed by atoms with van der Waals surface area (Å²) in [6.45, 7) is 3.41. The summed E-state index contributed by atoms with van der Waals surface area (Å²) in [5.74, 6) is 1.60. The fourth-order valence-corrected chi connectivity index (χ4v) is 2.48. The predicted molar refractivity (Wildman–Crippen MR) is 81.4 cm³/mol. The van der Waals surface area contributed by atoms with Gasteiger partial charge in [-0.25, -0.2) is 15.0 Å². The van der Waals surface area contributed by atoms with Crippen LogP contribution in [0.25, 0.3) is 11.4 Å². The van der Waals surface area contributed by atoms with E-state index < -0.39 is 0 Å². The van der Waals surface area contributed by atoms with Crippen LogP contribution in [0.3, 0.4) is 0 Å². The molecule has 0 radical (unpaired) electrons. The van der Waals surface area contributed by atoms with Crippen LogP contribution in [0.15, 0.2) is 16.9 Å². The zero-order chi connectivity index (χ0) is 14.2. The summed E-state index contributed by atoms with van der Waals surface area (Å²) in [5.41, 5.74) is 7.38. The van der Waals surface area contributed by atoms with Crippen LogP contribution < -0.4 is 11.1 Å². The highest BCUT2D eigenvalue weighted by Crippen LogP contribution is 2.47. The minimum atomic E-state index is 0.203. The maximum absolute atomic E-state index is 5.47. The van der Waals surface area contributed by atoms with Gasteiger partial charge in [0.1, 0.15) is 10.4 Å². The molecule has 0 unspecified atom stereocenters. The summed E-state index contributed by atoms with van der Waals surface area (Å²) >= 11 is 3.51. The van der Waals surface area contributed by atoms with Gasteiger partial charge >= 0.3 is 0 Å². The van der Waals surface area contributed by atoms with Gasteiger partial charge in [0.2, 0.25) is 5.95 Å². The molecule has 6 nitrogen and oxygen atoms in total. The number of halogens is 1. The van der Waals surface area contributed by atoms with Gasteiger partial charge < -0.3 is 16.0 Å². The normalized spacial score (nSPS) is 16.1. The van der Waals surface area contributed by atoms with Crippen LogP contribution in [0.2, 0.25) is 0 Å². The number of nitrogens with zero attached hydrogens (tertiary/aromatic N) is 3. The topological polar surface area (TPSA) is 92.5 Å². The minimum absolute atomic E-state index is 0.203. The number of aromatic amines is 1. The Balaban J connectivity index is 1.90. The molecule has 20 heavy (non-hydrogen) atoms. The lowest BCUT2D eigenvalue weighted by molar-refractivity contribution is 0.723. The highest BCUT2D eigenvalue weighted by atomic mass is 79.9. The van der Waals surface area contributed by atoms with Crippen LogP contribution >= 0.6 is 15.9 Å². The van der Waals surface area contributed by atoms with Crippen LogP contribution in [-0.2, 0) is 5.41 Å². The number of aromatic nitrogens is 4. The van der Waals surface area contributed by atoms with Gasteiger partial charge in [-0.1, -0.05) is 6.92 Å². The number of nitrogens with two attached hydrogens (primary N) is 1. The molecule has 2 heterocycles. The SMILES string of the molecule is CC1(c2nc(Br)c(-c3ccnc(NCCN)n3)[nH]2)CC1. The van der Waals surface area contributed by atoms with Gasteiger partial charge in [0.05, 0.1) is 11.4 Å². The van der Waals surface area contributed by atoms with Crippen LogP contribution in [-0.4, -0.2) is 33.0 Å². The summed E-state index contributed by atoms with van der Waals surface area (Å²) < 4.78 is 0.795. The third-order valence-electron chi connectivity index (χ3n) is 3.57. The van der Waals surface area contributed by atoms with Gasteiger partial charge in [-0.15, -0.1) is 0 Å². The molecule has 0 aliphatic heterocycles. The molecule has 4 N–H and O–H groups in total. The summed E-state index contributed by atoms with van der Waals surface area (Å²) in [6, 6.07) is 1.87. The third-order valence-corrected chi connectivity index (χ3v) is 4.14. The standard InChI is InChI=1S/C13H17BrN6/c1-13(3-4-13)11-19-9(10(14)20-11)8-2-6-16-12(18-8)17-7-5-15/h2,6H,3-5,7,15H2,1H3,(H,19,20)(H,16,17,18). The number of imidazole rings is 1. The second-order valence-electron chi connectivity index (χ2n) is 5.29. The fraction of sp³-hybridized carbons (Fsp3) is 0.462. The monoisotopic (exact) mass is 336 g/mol. The molecular formula is C13H17BrN6. The van der Waals surface area contributed by atoms with Gasteiger partial charge in [-0.2, -0.15) is 0 Å². The van der Waals surface area contributed by atoms with E-state index in [4.69, 9.17) is 5.73 Å². The van der Waals surface area contributed by atoms with Gasteiger partial charge in [-0.05, 0) is 34.8 Å². The van der Waals surface area contributed by atoms with Crippen molar-refractivity contribution in [2.75, 3.05) is 18.4 Å². The lowest BCUT2D eigenvalue weighted by Crippen LogP contribution is -2.14. The predicted octanol–water partition coefficient (Wildman–Crippen LogP) is 2.05. The smallest absolute Gasteiger partial charge is 0.223 e. The van der Waals surface area contributed by atoms with Crippen molar-refractivity contribution in [3.8, 4) is 11.4 Å². The maximum atomic E-state index is 5.47. The van der Waals surface area contributed by atoms with E-state index in [9.17, 15) is 0 Å². The highest BCUT2D eigenvalue weighted by molar-refractivity contribution is 9.10. The number of anilines is 1. The quantitative estimate of drug-likeness (QED) is 0.777. The van der Waals surface area contributed by atoms with Gasteiger partial charge in [0.25, 0.3) is 0 Å². The molecule has 1 aliphatic carbocycles. The van der Waals surface area contributed by atoms with Crippen LogP contribution in [0.1, 0.15) is 25.6 Å². The Morgan fingerprint density at radius 3 is 2.95 bits per heavy atom. The van der Waals surface area contributed by atoms with Crippen molar-refractivity contribution in [1.29, 1.82) is 0 Å². The second kappa shape index (κ2) is 5.14. The van der Waals surface area contributed by atoms with E-state index in [2.05, 4.69) is 48.1 Å². The molecule has 0 atom stereocenters. The highest BCUT2D eigenvalue weighted by Gasteiger charge is 2.42. The Hall–Kier alpha value is -1.47. The van der Waals surface area contributed by atoms with Gasteiger partial charge in [0, 0.05) is 24.7 Å². The van der Waals surface area contributed by atoms with E-state index in [-0.39, 0.29) is 5.41 Å². The number of hydrogen-bond donors (Lipinski definition) is 3. The number of H-pyrrole nitrogens is 1. The molecule has 1 aliphatic rings. The lowest BCUT2D eigenvalue weighted by atomic mass is 10.1. The largest absolute Gasteiger partial charge is 0.353 e. The Bertz CT molecular complexity index is 619. The van der Waals surface area contributed by atoms with Gasteiger partial charge in [-0.3, -0.25) is 0 Å². The van der Waals surface area contributed by atoms with E-state index in [1.165, 1.54) is 12.8 Å². The maximum Gasteiger partial charge on any atom is 0.223 e. The number of hydrogen-bond acceptors (Lipinski definition) is 5. The van der Waals surface area contributed by atoms with Gasteiger partial charge in [0.15, 0.2) is 0 Å². The average molecular weight is 337 g/mol. The summed E-state index contributed by atoms with van der Waals surface area (Å²) in [6.07, 6.45) is 4.09. The Morgan fingerprint density at radius 1 is 1.45 bits per heavy atom. The van der Waals surface area contributed by atoms with Crippen molar-refractivity contribution in [2.24, 2.45) is 5.73 Å². The Morgan fingerprint density at radius 2 is 2.25 bits per heavy atom. The molecule has 3 rings (SSSR count). The lowest BCUT2D eigenvalue weighted by Gasteiger charge is -2.05. The molecular weight excluding hydrogens is 320 g/mol. The second-order valence-corrected chi connectivity index (χ2v) is 6.04. The van der Waals surface area contributed by atoms with Crippen molar-refractivity contribution < 1.29 is 0 Å². The molecule has 0 bridgehead atoms. The molecule has 0 amide bonds. The average Bonchev–Trinajstić information content (AvgIpc) is 3.07. The third kappa shape index (κ3) is 2.55. The first kappa shape index (κ1) is 13.5. The summed E-state index contributed by atoms with van der Waals surface area (Å²) in [7, 11) is 0. The molecule has 2 aromatic heterocycles. The molecule has 2 aromatic rings. The van der Waals surface area contributed by atoms with Crippen molar-refractivity contribution in [3.05, 3.63) is 22.7 Å². The molecule has 106 valence electrons. The summed E-state index contributed by atoms with van der Waals surface area (Å²) in [4.78, 5) is 16.6. The van der Waals surface area contributed by atoms with Crippen molar-refractivity contribution in [1.82, 2.24) is 19.9 Å². The van der Waals surface area contributed by atoms with Crippen LogP contribution in [0.4, 0.5) is 5.95 Å². The molecule has 0 spiro atoms. The molecule has 0 aromatic carbocycles. The van der Waals surface area contributed by atoms with E-state index in [1.54, 1.807) is 6.20 Å². The molecule has 7 heteroatoms. The van der Waals surface area contributed by atoms with E-state index in [0.717, 1.165) is 21.8 Å².